The molecule has 1 aliphatic rings. The minimum atomic E-state index is -2.76. The summed E-state index contributed by atoms with van der Waals surface area (Å²) in [5.41, 5.74) is 6.01. The van der Waals surface area contributed by atoms with Crippen LogP contribution in [0, 0.1) is 0 Å². The van der Waals surface area contributed by atoms with Gasteiger partial charge in [-0.05, 0) is 65.4 Å². The number of hydrogen-bond acceptors (Lipinski definition) is 6. The van der Waals surface area contributed by atoms with Gasteiger partial charge < -0.3 is 20.2 Å². The first kappa shape index (κ1) is 24.1. The van der Waals surface area contributed by atoms with E-state index in [2.05, 4.69) is 10.3 Å². The van der Waals surface area contributed by atoms with E-state index in [1.54, 1.807) is 6.07 Å². The Morgan fingerprint density at radius 2 is 1.89 bits per heavy atom. The maximum absolute atomic E-state index is 13.5. The molecule has 6 rings (SSSR count). The molecule has 192 valence electrons. The molecular weight excluding hydrogens is 512 g/mol. The number of halogens is 2. The highest BCUT2D eigenvalue weighted by Gasteiger charge is 2.32. The molecule has 2 aromatic carbocycles. The number of rotatable bonds is 8. The standard InChI is InChI=1S/C28H21F2N3O4S/c29-25(30)20-12-19(15-5-6-15)22-23(24(26(31)34)38-28(22)32-20)33-27(35)21-10-9-18(37-21)13-36-17-8-7-14-3-1-2-4-16(14)11-17/h1-4,7-12,15,25H,5-6,13H2,(H2,31,34)(H,33,35). The lowest BCUT2D eigenvalue weighted by Crippen LogP contribution is -2.16. The van der Waals surface area contributed by atoms with Crippen LogP contribution >= 0.6 is 11.3 Å². The normalized spacial score (nSPS) is 13.3. The summed E-state index contributed by atoms with van der Waals surface area (Å²) in [5.74, 6) is -0.245. The molecule has 1 saturated carbocycles. The number of amides is 2. The number of fused-ring (bicyclic) bond motifs is 2. The van der Waals surface area contributed by atoms with Crippen molar-refractivity contribution >= 4 is 49.8 Å². The number of hydrogen-bond donors (Lipinski definition) is 2. The quantitative estimate of drug-likeness (QED) is 0.228. The Bertz CT molecular complexity index is 1710. The SMILES string of the molecule is NC(=O)c1sc2nc(C(F)F)cc(C3CC3)c2c1NC(=O)c1ccc(COc2ccc3ccccc3c2)o1. The average molecular weight is 534 g/mol. The van der Waals surface area contributed by atoms with E-state index in [9.17, 15) is 18.4 Å². The third-order valence-electron chi connectivity index (χ3n) is 6.40. The molecule has 1 aliphatic carbocycles. The Hall–Kier alpha value is -4.31. The number of nitrogens with two attached hydrogens (primary N) is 1. The molecule has 0 spiro atoms. The fourth-order valence-electron chi connectivity index (χ4n) is 4.43. The highest BCUT2D eigenvalue weighted by Crippen LogP contribution is 2.48. The van der Waals surface area contributed by atoms with Crippen LogP contribution in [0.5, 0.6) is 5.75 Å². The molecule has 10 heteroatoms. The van der Waals surface area contributed by atoms with E-state index in [4.69, 9.17) is 14.9 Å². The molecule has 5 aromatic rings. The second-order valence-electron chi connectivity index (χ2n) is 9.08. The number of pyridine rings is 1. The number of primary amides is 1. The third-order valence-corrected chi connectivity index (χ3v) is 7.50. The lowest BCUT2D eigenvalue weighted by Gasteiger charge is -2.09. The van der Waals surface area contributed by atoms with Crippen molar-refractivity contribution in [1.82, 2.24) is 4.98 Å². The zero-order chi connectivity index (χ0) is 26.4. The number of nitrogens with one attached hydrogen (secondary N) is 1. The van der Waals surface area contributed by atoms with Crippen LogP contribution in [-0.2, 0) is 6.61 Å². The molecule has 0 unspecified atom stereocenters. The van der Waals surface area contributed by atoms with E-state index in [1.165, 1.54) is 12.1 Å². The van der Waals surface area contributed by atoms with Crippen LogP contribution in [0.4, 0.5) is 14.5 Å². The number of benzene rings is 2. The first-order valence-corrected chi connectivity index (χ1v) is 12.8. The average Bonchev–Trinajstić information content (AvgIpc) is 3.53. The Morgan fingerprint density at radius 3 is 2.63 bits per heavy atom. The Morgan fingerprint density at radius 1 is 1.11 bits per heavy atom. The second kappa shape index (κ2) is 9.53. The van der Waals surface area contributed by atoms with Crippen LogP contribution in [-0.4, -0.2) is 16.8 Å². The summed E-state index contributed by atoms with van der Waals surface area (Å²) in [6.07, 6.45) is -1.10. The van der Waals surface area contributed by atoms with Crippen LogP contribution in [0.1, 0.15) is 62.4 Å². The summed E-state index contributed by atoms with van der Waals surface area (Å²) in [5, 5.41) is 5.32. The lowest BCUT2D eigenvalue weighted by molar-refractivity contribution is 0.0992. The molecule has 38 heavy (non-hydrogen) atoms. The number of anilines is 1. The van der Waals surface area contributed by atoms with Gasteiger partial charge in [0.25, 0.3) is 18.2 Å². The van der Waals surface area contributed by atoms with Gasteiger partial charge in [-0.1, -0.05) is 30.3 Å². The van der Waals surface area contributed by atoms with Crippen LogP contribution in [0.15, 0.2) is 65.1 Å². The minimum absolute atomic E-state index is 0.00186. The lowest BCUT2D eigenvalue weighted by atomic mass is 10.0. The summed E-state index contributed by atoms with van der Waals surface area (Å²) in [6.45, 7) is 0.103. The van der Waals surface area contributed by atoms with Crippen molar-refractivity contribution in [3.05, 3.63) is 88.3 Å². The van der Waals surface area contributed by atoms with Crippen molar-refractivity contribution in [3.63, 3.8) is 0 Å². The smallest absolute Gasteiger partial charge is 0.291 e. The van der Waals surface area contributed by atoms with Gasteiger partial charge in [0.05, 0.1) is 5.69 Å². The van der Waals surface area contributed by atoms with Crippen LogP contribution in [0.25, 0.3) is 21.0 Å². The first-order valence-electron chi connectivity index (χ1n) is 11.9. The molecular formula is C28H21F2N3O4S. The molecule has 1 fully saturated rings. The number of carbonyl (C=O) groups is 2. The largest absolute Gasteiger partial charge is 0.486 e. The highest BCUT2D eigenvalue weighted by molar-refractivity contribution is 7.21. The van der Waals surface area contributed by atoms with E-state index >= 15 is 0 Å². The van der Waals surface area contributed by atoms with Gasteiger partial charge in [0.15, 0.2) is 5.76 Å². The monoisotopic (exact) mass is 533 g/mol. The Labute approximate surface area is 219 Å². The van der Waals surface area contributed by atoms with Gasteiger partial charge in [-0.15, -0.1) is 11.3 Å². The third kappa shape index (κ3) is 4.58. The van der Waals surface area contributed by atoms with Crippen molar-refractivity contribution in [2.75, 3.05) is 5.32 Å². The predicted molar refractivity (Wildman–Crippen MR) is 140 cm³/mol. The van der Waals surface area contributed by atoms with Crippen molar-refractivity contribution in [3.8, 4) is 5.75 Å². The molecule has 0 radical (unpaired) electrons. The summed E-state index contributed by atoms with van der Waals surface area (Å²) in [7, 11) is 0. The number of thiophene rings is 1. The highest BCUT2D eigenvalue weighted by atomic mass is 32.1. The molecule has 0 bridgehead atoms. The molecule has 0 atom stereocenters. The number of alkyl halides is 2. The van der Waals surface area contributed by atoms with E-state index < -0.39 is 18.2 Å². The minimum Gasteiger partial charge on any atom is -0.486 e. The Kier molecular flexibility index (Phi) is 6.03. The zero-order valence-electron chi connectivity index (χ0n) is 19.9. The molecule has 3 aromatic heterocycles. The summed E-state index contributed by atoms with van der Waals surface area (Å²) < 4.78 is 38.4. The van der Waals surface area contributed by atoms with Gasteiger partial charge in [0.1, 0.15) is 33.5 Å². The van der Waals surface area contributed by atoms with Gasteiger partial charge in [0, 0.05) is 5.39 Å². The molecule has 3 N–H and O–H groups in total. The molecule has 2 amide bonds. The maximum atomic E-state index is 13.5. The predicted octanol–water partition coefficient (Wildman–Crippen LogP) is 6.79. The van der Waals surface area contributed by atoms with Gasteiger partial charge in [0.2, 0.25) is 0 Å². The van der Waals surface area contributed by atoms with Crippen LogP contribution in [0.3, 0.4) is 0 Å². The van der Waals surface area contributed by atoms with Gasteiger partial charge in [-0.3, -0.25) is 9.59 Å². The summed E-state index contributed by atoms with van der Waals surface area (Å²) in [4.78, 5) is 29.6. The van der Waals surface area contributed by atoms with Crippen LogP contribution < -0.4 is 15.8 Å². The van der Waals surface area contributed by atoms with E-state index in [1.807, 2.05) is 42.5 Å². The van der Waals surface area contributed by atoms with Crippen molar-refractivity contribution in [1.29, 1.82) is 0 Å². The van der Waals surface area contributed by atoms with Gasteiger partial charge in [-0.2, -0.15) is 0 Å². The summed E-state index contributed by atoms with van der Waals surface area (Å²) >= 11 is 0.887. The fourth-order valence-corrected chi connectivity index (χ4v) is 5.45. The van der Waals surface area contributed by atoms with Gasteiger partial charge in [-0.25, -0.2) is 13.8 Å². The first-order chi connectivity index (χ1) is 18.4. The van der Waals surface area contributed by atoms with Crippen molar-refractivity contribution in [2.24, 2.45) is 5.73 Å². The summed E-state index contributed by atoms with van der Waals surface area (Å²) in [6, 6.07) is 18.1. The maximum Gasteiger partial charge on any atom is 0.291 e. The van der Waals surface area contributed by atoms with E-state index in [0.717, 1.165) is 35.0 Å². The second-order valence-corrected chi connectivity index (χ2v) is 10.1. The Balaban J connectivity index is 1.25. The van der Waals surface area contributed by atoms with Gasteiger partial charge >= 0.3 is 0 Å². The zero-order valence-corrected chi connectivity index (χ0v) is 20.7. The molecule has 0 aliphatic heterocycles. The van der Waals surface area contributed by atoms with E-state index in [0.29, 0.717) is 22.5 Å². The molecule has 3 heterocycles. The van der Waals surface area contributed by atoms with Crippen molar-refractivity contribution < 1.29 is 27.5 Å². The number of aromatic nitrogens is 1. The number of ether oxygens (including phenoxy) is 1. The van der Waals surface area contributed by atoms with Crippen LogP contribution in [0.2, 0.25) is 0 Å². The number of furan rings is 1. The molecule has 7 nitrogen and oxygen atoms in total. The number of nitrogens with zero attached hydrogens (tertiary/aromatic N) is 1. The topological polar surface area (TPSA) is 107 Å². The number of carbonyl (C=O) groups excluding carboxylic acids is 2. The molecule has 0 saturated heterocycles. The fraction of sp³-hybridized carbons (Fsp3) is 0.179. The van der Waals surface area contributed by atoms with Crippen molar-refractivity contribution in [2.45, 2.75) is 31.8 Å². The van der Waals surface area contributed by atoms with E-state index in [-0.39, 0.29) is 39.4 Å².